The fourth-order valence-corrected chi connectivity index (χ4v) is 1.32. The van der Waals surface area contributed by atoms with Crippen LogP contribution in [0.15, 0.2) is 24.3 Å². The van der Waals surface area contributed by atoms with Gasteiger partial charge in [-0.1, -0.05) is 28.1 Å². The van der Waals surface area contributed by atoms with E-state index in [0.717, 1.165) is 17.8 Å². The third-order valence-electron chi connectivity index (χ3n) is 1.75. The Morgan fingerprint density at radius 3 is 2.80 bits per heavy atom. The van der Waals surface area contributed by atoms with Gasteiger partial charge in [0.05, 0.1) is 4.92 Å². The highest BCUT2D eigenvalue weighted by Crippen LogP contribution is 2.18. The van der Waals surface area contributed by atoms with Crippen LogP contribution in [-0.4, -0.2) is 10.3 Å². The molecule has 0 amide bonds. The van der Waals surface area contributed by atoms with E-state index >= 15 is 0 Å². The molecule has 0 aliphatic heterocycles. The van der Waals surface area contributed by atoms with Crippen LogP contribution in [0.25, 0.3) is 6.08 Å². The maximum absolute atomic E-state index is 13.1. The van der Waals surface area contributed by atoms with Crippen LogP contribution in [0.3, 0.4) is 0 Å². The van der Waals surface area contributed by atoms with Crippen molar-refractivity contribution in [2.75, 3.05) is 5.33 Å². The van der Waals surface area contributed by atoms with Crippen molar-refractivity contribution in [3.63, 3.8) is 0 Å². The maximum Gasteiger partial charge on any atom is 0.304 e. The Balaban J connectivity index is 2.87. The summed E-state index contributed by atoms with van der Waals surface area (Å²) in [6, 6.07) is 3.85. The zero-order valence-electron chi connectivity index (χ0n) is 7.82. The van der Waals surface area contributed by atoms with Crippen molar-refractivity contribution < 1.29 is 9.31 Å². The van der Waals surface area contributed by atoms with Crippen molar-refractivity contribution in [3.8, 4) is 0 Å². The Hall–Kier alpha value is -1.23. The Bertz CT molecular complexity index is 393. The molecule has 0 aromatic heterocycles. The van der Waals surface area contributed by atoms with Crippen LogP contribution in [0.5, 0.6) is 0 Å². The Labute approximate surface area is 94.9 Å². The van der Waals surface area contributed by atoms with Crippen molar-refractivity contribution >= 4 is 27.7 Å². The third kappa shape index (κ3) is 3.43. The van der Waals surface area contributed by atoms with Crippen molar-refractivity contribution in [2.45, 2.75) is 6.42 Å². The molecule has 15 heavy (non-hydrogen) atoms. The number of nitro benzene ring substituents is 1. The van der Waals surface area contributed by atoms with Gasteiger partial charge in [-0.15, -0.1) is 0 Å². The zero-order valence-corrected chi connectivity index (χ0v) is 9.41. The van der Waals surface area contributed by atoms with E-state index in [2.05, 4.69) is 15.9 Å². The van der Waals surface area contributed by atoms with E-state index in [-0.39, 0.29) is 0 Å². The Morgan fingerprint density at radius 1 is 1.53 bits per heavy atom. The predicted molar refractivity (Wildman–Crippen MR) is 60.5 cm³/mol. The molecule has 0 radical (unpaired) electrons. The van der Waals surface area contributed by atoms with Crippen molar-refractivity contribution in [3.05, 3.63) is 45.8 Å². The second-order valence-electron chi connectivity index (χ2n) is 2.85. The van der Waals surface area contributed by atoms with Crippen LogP contribution in [-0.2, 0) is 0 Å². The highest BCUT2D eigenvalue weighted by molar-refractivity contribution is 9.09. The van der Waals surface area contributed by atoms with E-state index in [1.54, 1.807) is 6.08 Å². The highest BCUT2D eigenvalue weighted by atomic mass is 79.9. The number of rotatable bonds is 4. The van der Waals surface area contributed by atoms with Gasteiger partial charge in [0.1, 0.15) is 0 Å². The Kier molecular flexibility index (Phi) is 4.42. The summed E-state index contributed by atoms with van der Waals surface area (Å²) in [7, 11) is 0. The van der Waals surface area contributed by atoms with E-state index < -0.39 is 16.4 Å². The van der Waals surface area contributed by atoms with E-state index in [0.29, 0.717) is 5.56 Å². The molecule has 1 rings (SSSR count). The molecule has 0 bridgehead atoms. The lowest BCUT2D eigenvalue weighted by molar-refractivity contribution is -0.387. The number of allylic oxidation sites excluding steroid dienone is 1. The van der Waals surface area contributed by atoms with Crippen LogP contribution >= 0.6 is 15.9 Å². The molecule has 0 heterocycles. The molecule has 0 unspecified atom stereocenters. The smallest absolute Gasteiger partial charge is 0.258 e. The second kappa shape index (κ2) is 5.60. The summed E-state index contributed by atoms with van der Waals surface area (Å²) in [5, 5.41) is 11.2. The van der Waals surface area contributed by atoms with Gasteiger partial charge in [0.15, 0.2) is 0 Å². The second-order valence-corrected chi connectivity index (χ2v) is 3.64. The summed E-state index contributed by atoms with van der Waals surface area (Å²) in [5.74, 6) is -0.805. The molecule has 1 aromatic rings. The molecule has 0 N–H and O–H groups in total. The standard InChI is InChI=1S/C10H9BrFNO2/c11-6-2-1-3-8-4-5-10(13(14)15)9(12)7-8/h1,3-5,7H,2,6H2. The Morgan fingerprint density at radius 2 is 2.27 bits per heavy atom. The predicted octanol–water partition coefficient (Wildman–Crippen LogP) is 3.53. The quantitative estimate of drug-likeness (QED) is 0.479. The summed E-state index contributed by atoms with van der Waals surface area (Å²) in [5.41, 5.74) is 0.131. The fourth-order valence-electron chi connectivity index (χ4n) is 1.06. The fraction of sp³-hybridized carbons (Fsp3) is 0.200. The lowest BCUT2D eigenvalue weighted by atomic mass is 10.2. The number of alkyl halides is 1. The third-order valence-corrected chi connectivity index (χ3v) is 2.21. The van der Waals surface area contributed by atoms with E-state index in [4.69, 9.17) is 0 Å². The van der Waals surface area contributed by atoms with Crippen LogP contribution in [0, 0.1) is 15.9 Å². The molecule has 80 valence electrons. The minimum Gasteiger partial charge on any atom is -0.258 e. The topological polar surface area (TPSA) is 43.1 Å². The van der Waals surface area contributed by atoms with E-state index in [9.17, 15) is 14.5 Å². The molecule has 0 saturated heterocycles. The first-order chi connectivity index (χ1) is 7.15. The summed E-state index contributed by atoms with van der Waals surface area (Å²) in [6.45, 7) is 0. The lowest BCUT2D eigenvalue weighted by Crippen LogP contribution is -1.92. The summed E-state index contributed by atoms with van der Waals surface area (Å²) in [6.07, 6.45) is 4.43. The van der Waals surface area contributed by atoms with Crippen LogP contribution in [0.4, 0.5) is 10.1 Å². The van der Waals surface area contributed by atoms with Crippen LogP contribution < -0.4 is 0 Å². The highest BCUT2D eigenvalue weighted by Gasteiger charge is 2.12. The van der Waals surface area contributed by atoms with E-state index in [1.165, 1.54) is 12.1 Å². The molecule has 0 aliphatic carbocycles. The zero-order chi connectivity index (χ0) is 11.3. The van der Waals surface area contributed by atoms with Gasteiger partial charge in [0, 0.05) is 11.4 Å². The summed E-state index contributed by atoms with van der Waals surface area (Å²) < 4.78 is 13.1. The normalized spacial score (nSPS) is 10.8. The van der Waals surface area contributed by atoms with Gasteiger partial charge in [-0.2, -0.15) is 4.39 Å². The van der Waals surface area contributed by atoms with Crippen LogP contribution in [0.1, 0.15) is 12.0 Å². The maximum atomic E-state index is 13.1. The summed E-state index contributed by atoms with van der Waals surface area (Å²) in [4.78, 5) is 9.60. The van der Waals surface area contributed by atoms with Gasteiger partial charge < -0.3 is 0 Å². The molecular weight excluding hydrogens is 265 g/mol. The molecule has 0 spiro atoms. The molecule has 3 nitrogen and oxygen atoms in total. The van der Waals surface area contributed by atoms with Crippen molar-refractivity contribution in [1.29, 1.82) is 0 Å². The SMILES string of the molecule is O=[N+]([O-])c1ccc(C=CCCBr)cc1F. The number of nitrogens with zero attached hydrogens (tertiary/aromatic N) is 1. The van der Waals surface area contributed by atoms with Gasteiger partial charge >= 0.3 is 5.69 Å². The minimum absolute atomic E-state index is 0.493. The van der Waals surface area contributed by atoms with Crippen molar-refractivity contribution in [1.82, 2.24) is 0 Å². The van der Waals surface area contributed by atoms with Gasteiger partial charge in [-0.25, -0.2) is 0 Å². The van der Waals surface area contributed by atoms with Gasteiger partial charge in [-0.05, 0) is 24.1 Å². The van der Waals surface area contributed by atoms with E-state index in [1.807, 2.05) is 6.08 Å². The average molecular weight is 274 g/mol. The molecule has 0 aliphatic rings. The first-order valence-corrected chi connectivity index (χ1v) is 5.43. The molecule has 0 atom stereocenters. The summed E-state index contributed by atoms with van der Waals surface area (Å²) >= 11 is 3.25. The van der Waals surface area contributed by atoms with Crippen molar-refractivity contribution in [2.24, 2.45) is 0 Å². The monoisotopic (exact) mass is 273 g/mol. The van der Waals surface area contributed by atoms with Crippen LogP contribution in [0.2, 0.25) is 0 Å². The minimum atomic E-state index is -0.805. The molecule has 5 heteroatoms. The average Bonchev–Trinajstić information content (AvgIpc) is 2.17. The van der Waals surface area contributed by atoms with Gasteiger partial charge in [0.2, 0.25) is 5.82 Å². The molecular formula is C10H9BrFNO2. The molecule has 1 aromatic carbocycles. The lowest BCUT2D eigenvalue weighted by Gasteiger charge is -1.95. The first-order valence-electron chi connectivity index (χ1n) is 4.31. The van der Waals surface area contributed by atoms with Gasteiger partial charge in [0.25, 0.3) is 0 Å². The van der Waals surface area contributed by atoms with Gasteiger partial charge in [-0.3, -0.25) is 10.1 Å². The number of halogens is 2. The molecule has 0 saturated carbocycles. The number of benzene rings is 1. The number of hydrogen-bond donors (Lipinski definition) is 0. The number of nitro groups is 1. The first kappa shape index (κ1) is 11.8. The largest absolute Gasteiger partial charge is 0.304 e. The molecule has 0 fully saturated rings. The number of hydrogen-bond acceptors (Lipinski definition) is 2.